The Balaban J connectivity index is 2.02. The first-order valence-corrected chi connectivity index (χ1v) is 6.01. The molecule has 1 aromatic heterocycles. The van der Waals surface area contributed by atoms with Gasteiger partial charge in [-0.3, -0.25) is 9.48 Å². The van der Waals surface area contributed by atoms with Gasteiger partial charge in [-0.1, -0.05) is 13.8 Å². The van der Waals surface area contributed by atoms with Crippen LogP contribution in [0.3, 0.4) is 0 Å². The van der Waals surface area contributed by atoms with E-state index in [1.54, 1.807) is 10.9 Å². The fourth-order valence-electron chi connectivity index (χ4n) is 2.45. The molecule has 3 heteroatoms. The predicted octanol–water partition coefficient (Wildman–Crippen LogP) is 2.82. The van der Waals surface area contributed by atoms with E-state index < -0.39 is 0 Å². The molecule has 1 aromatic rings. The Hall–Kier alpha value is -1.12. The number of carbonyl (C=O) groups excluding carboxylic acids is 1. The second-order valence-electron chi connectivity index (χ2n) is 5.71. The predicted molar refractivity (Wildman–Crippen MR) is 63.3 cm³/mol. The molecule has 0 N–H and O–H groups in total. The van der Waals surface area contributed by atoms with Crippen molar-refractivity contribution in [3.05, 3.63) is 18.0 Å². The Morgan fingerprint density at radius 1 is 1.44 bits per heavy atom. The summed E-state index contributed by atoms with van der Waals surface area (Å²) in [4.78, 5) is 12.2. The zero-order chi connectivity index (χ0) is 11.8. The molecule has 3 nitrogen and oxygen atoms in total. The first kappa shape index (κ1) is 11.4. The molecule has 0 radical (unpaired) electrons. The fourth-order valence-corrected chi connectivity index (χ4v) is 2.45. The van der Waals surface area contributed by atoms with Crippen LogP contribution in [-0.2, 0) is 7.05 Å². The van der Waals surface area contributed by atoms with E-state index in [1.807, 2.05) is 13.2 Å². The third kappa shape index (κ3) is 2.34. The van der Waals surface area contributed by atoms with E-state index in [-0.39, 0.29) is 11.7 Å². The smallest absolute Gasteiger partial charge is 0.169 e. The Morgan fingerprint density at radius 2 is 2.06 bits per heavy atom. The van der Waals surface area contributed by atoms with Gasteiger partial charge < -0.3 is 0 Å². The van der Waals surface area contributed by atoms with E-state index in [9.17, 15) is 4.79 Å². The third-order valence-electron chi connectivity index (χ3n) is 3.70. The van der Waals surface area contributed by atoms with Gasteiger partial charge in [0.15, 0.2) is 5.78 Å². The largest absolute Gasteiger partial charge is 0.294 e. The normalized spacial score (nSPS) is 20.9. The molecule has 0 bridgehead atoms. The molecule has 1 saturated carbocycles. The maximum Gasteiger partial charge on any atom is 0.169 e. The van der Waals surface area contributed by atoms with Crippen molar-refractivity contribution >= 4 is 5.78 Å². The van der Waals surface area contributed by atoms with E-state index in [4.69, 9.17) is 0 Å². The van der Waals surface area contributed by atoms with Gasteiger partial charge in [-0.05, 0) is 31.1 Å². The lowest BCUT2D eigenvalue weighted by molar-refractivity contribution is 0.0838. The molecule has 0 aromatic carbocycles. The molecule has 1 aliphatic rings. The summed E-state index contributed by atoms with van der Waals surface area (Å²) in [5.74, 6) is 0.501. The quantitative estimate of drug-likeness (QED) is 0.718. The van der Waals surface area contributed by atoms with Crippen molar-refractivity contribution in [3.63, 3.8) is 0 Å². The molecule has 0 spiro atoms. The highest BCUT2D eigenvalue weighted by atomic mass is 16.1. The van der Waals surface area contributed by atoms with Crippen molar-refractivity contribution in [3.8, 4) is 0 Å². The van der Waals surface area contributed by atoms with Crippen molar-refractivity contribution in [1.29, 1.82) is 0 Å². The summed E-state index contributed by atoms with van der Waals surface area (Å²) in [6.07, 6.45) is 7.87. The minimum Gasteiger partial charge on any atom is -0.294 e. The van der Waals surface area contributed by atoms with Crippen LogP contribution in [-0.4, -0.2) is 15.6 Å². The molecule has 0 saturated heterocycles. The van der Waals surface area contributed by atoms with E-state index in [0.717, 1.165) is 31.2 Å². The number of ketones is 1. The molecule has 1 heterocycles. The van der Waals surface area contributed by atoms with Gasteiger partial charge in [-0.15, -0.1) is 0 Å². The van der Waals surface area contributed by atoms with Crippen LogP contribution in [0.15, 0.2) is 12.4 Å². The standard InChI is InChI=1S/C13H20N2O/c1-13(2)6-4-10(5-7-13)12(16)11-8-14-15(3)9-11/h8-10H,4-7H2,1-3H3. The molecule has 16 heavy (non-hydrogen) atoms. The van der Waals surface area contributed by atoms with Gasteiger partial charge in [-0.2, -0.15) is 5.10 Å². The summed E-state index contributed by atoms with van der Waals surface area (Å²) in [5.41, 5.74) is 1.19. The Morgan fingerprint density at radius 3 is 2.56 bits per heavy atom. The number of nitrogens with zero attached hydrogens (tertiary/aromatic N) is 2. The number of rotatable bonds is 2. The highest BCUT2D eigenvalue weighted by Crippen LogP contribution is 2.38. The average molecular weight is 220 g/mol. The van der Waals surface area contributed by atoms with Gasteiger partial charge in [-0.25, -0.2) is 0 Å². The number of carbonyl (C=O) groups is 1. The maximum atomic E-state index is 12.2. The van der Waals surface area contributed by atoms with Crippen LogP contribution in [0.1, 0.15) is 49.9 Å². The lowest BCUT2D eigenvalue weighted by atomic mass is 9.71. The maximum absolute atomic E-state index is 12.2. The number of aryl methyl sites for hydroxylation is 1. The number of hydrogen-bond donors (Lipinski definition) is 0. The summed E-state index contributed by atoms with van der Waals surface area (Å²) in [6.45, 7) is 4.58. The second kappa shape index (κ2) is 4.04. The lowest BCUT2D eigenvalue weighted by Gasteiger charge is -2.33. The van der Waals surface area contributed by atoms with Crippen LogP contribution in [0.25, 0.3) is 0 Å². The second-order valence-corrected chi connectivity index (χ2v) is 5.71. The minimum absolute atomic E-state index is 0.220. The number of aromatic nitrogens is 2. The molecule has 1 aliphatic carbocycles. The summed E-state index contributed by atoms with van der Waals surface area (Å²) >= 11 is 0. The van der Waals surface area contributed by atoms with Crippen molar-refractivity contribution in [2.45, 2.75) is 39.5 Å². The molecule has 0 atom stereocenters. The van der Waals surface area contributed by atoms with E-state index in [0.29, 0.717) is 5.41 Å². The van der Waals surface area contributed by atoms with E-state index >= 15 is 0 Å². The number of hydrogen-bond acceptors (Lipinski definition) is 2. The molecule has 0 aliphatic heterocycles. The lowest BCUT2D eigenvalue weighted by Crippen LogP contribution is -2.26. The van der Waals surface area contributed by atoms with Gasteiger partial charge in [0.1, 0.15) is 0 Å². The summed E-state index contributed by atoms with van der Waals surface area (Å²) in [5, 5.41) is 4.06. The molecular weight excluding hydrogens is 200 g/mol. The first-order valence-electron chi connectivity index (χ1n) is 6.01. The number of Topliss-reactive ketones (excluding diaryl/α,β-unsaturated/α-hetero) is 1. The van der Waals surface area contributed by atoms with Crippen molar-refractivity contribution in [2.24, 2.45) is 18.4 Å². The average Bonchev–Trinajstić information content (AvgIpc) is 2.64. The summed E-state index contributed by atoms with van der Waals surface area (Å²) in [7, 11) is 1.85. The van der Waals surface area contributed by atoms with Crippen molar-refractivity contribution in [1.82, 2.24) is 9.78 Å². The molecule has 1 fully saturated rings. The SMILES string of the molecule is Cn1cc(C(=O)C2CCC(C)(C)CC2)cn1. The Bertz CT molecular complexity index is 382. The Kier molecular flexibility index (Phi) is 2.87. The Labute approximate surface area is 96.8 Å². The molecule has 2 rings (SSSR count). The van der Waals surface area contributed by atoms with E-state index in [1.165, 1.54) is 0 Å². The van der Waals surface area contributed by atoms with Crippen LogP contribution >= 0.6 is 0 Å². The highest BCUT2D eigenvalue weighted by Gasteiger charge is 2.31. The molecule has 88 valence electrons. The third-order valence-corrected chi connectivity index (χ3v) is 3.70. The van der Waals surface area contributed by atoms with Gasteiger partial charge in [0.2, 0.25) is 0 Å². The minimum atomic E-state index is 0.220. The molecule has 0 amide bonds. The van der Waals surface area contributed by atoms with Gasteiger partial charge in [0, 0.05) is 19.2 Å². The monoisotopic (exact) mass is 220 g/mol. The van der Waals surface area contributed by atoms with Crippen molar-refractivity contribution in [2.75, 3.05) is 0 Å². The van der Waals surface area contributed by atoms with Gasteiger partial charge >= 0.3 is 0 Å². The highest BCUT2D eigenvalue weighted by molar-refractivity contribution is 5.97. The van der Waals surface area contributed by atoms with Crippen LogP contribution < -0.4 is 0 Å². The fraction of sp³-hybridized carbons (Fsp3) is 0.692. The summed E-state index contributed by atoms with van der Waals surface area (Å²) < 4.78 is 1.69. The van der Waals surface area contributed by atoms with Crippen molar-refractivity contribution < 1.29 is 4.79 Å². The van der Waals surface area contributed by atoms with Crippen LogP contribution in [0.4, 0.5) is 0 Å². The van der Waals surface area contributed by atoms with Gasteiger partial charge in [0.05, 0.1) is 11.8 Å². The van der Waals surface area contributed by atoms with Crippen LogP contribution in [0.5, 0.6) is 0 Å². The molecule has 0 unspecified atom stereocenters. The topological polar surface area (TPSA) is 34.9 Å². The first-order chi connectivity index (χ1) is 7.48. The zero-order valence-corrected chi connectivity index (χ0v) is 10.4. The zero-order valence-electron chi connectivity index (χ0n) is 10.4. The molecular formula is C13H20N2O. The van der Waals surface area contributed by atoms with Crippen LogP contribution in [0, 0.1) is 11.3 Å². The van der Waals surface area contributed by atoms with Gasteiger partial charge in [0.25, 0.3) is 0 Å². The van der Waals surface area contributed by atoms with Crippen LogP contribution in [0.2, 0.25) is 0 Å². The summed E-state index contributed by atoms with van der Waals surface area (Å²) in [6, 6.07) is 0. The van der Waals surface area contributed by atoms with E-state index in [2.05, 4.69) is 18.9 Å².